The van der Waals surface area contributed by atoms with Gasteiger partial charge in [-0.1, -0.05) is 72.8 Å². The number of hydrogen-bond donors (Lipinski definition) is 4. The number of halogens is 2. The number of amides is 2. The fraction of sp³-hybridized carbons (Fsp3) is 0.286. The summed E-state index contributed by atoms with van der Waals surface area (Å²) in [6, 6.07) is 23.7. The molecule has 1 aliphatic heterocycles. The van der Waals surface area contributed by atoms with Crippen molar-refractivity contribution in [2.75, 3.05) is 0 Å². The molecule has 1 saturated heterocycles. The van der Waals surface area contributed by atoms with Crippen LogP contribution in [0.4, 0.5) is 13.6 Å². The standard InChI is InChI=1S/C35H36F2N2O5/c36-29-13-9-23(10-14-29)17-31-33(42)34(43)32(18-24-11-15-30(37)16-12-24)39(20-26-3-7-28(22-41)8-4-26)35(44)38(31)19-25-1-5-27(21-40)6-2-25/h1-16,31-34,40-43H,17-22H2/t31-,32-,33+,34+/m1/s1. The van der Waals surface area contributed by atoms with E-state index in [9.17, 15) is 34.0 Å². The highest BCUT2D eigenvalue weighted by Crippen LogP contribution is 2.30. The molecule has 4 aromatic rings. The number of carbonyl (C=O) groups is 1. The Balaban J connectivity index is 1.57. The van der Waals surface area contributed by atoms with Crippen molar-refractivity contribution in [3.05, 3.63) is 142 Å². The third-order valence-electron chi connectivity index (χ3n) is 8.26. The van der Waals surface area contributed by atoms with E-state index in [-0.39, 0.29) is 39.1 Å². The van der Waals surface area contributed by atoms with E-state index in [1.807, 2.05) is 0 Å². The van der Waals surface area contributed by atoms with Gasteiger partial charge in [0.25, 0.3) is 0 Å². The quantitative estimate of drug-likeness (QED) is 0.216. The zero-order valence-corrected chi connectivity index (χ0v) is 24.1. The van der Waals surface area contributed by atoms with Gasteiger partial charge in [0.1, 0.15) is 23.8 Å². The first-order valence-electron chi connectivity index (χ1n) is 14.6. The molecule has 1 heterocycles. The molecule has 0 spiro atoms. The third-order valence-corrected chi connectivity index (χ3v) is 8.26. The maximum Gasteiger partial charge on any atom is 0.321 e. The number of nitrogens with zero attached hydrogens (tertiary/aromatic N) is 2. The van der Waals surface area contributed by atoms with E-state index in [4.69, 9.17) is 0 Å². The normalized spacial score (nSPS) is 20.5. The number of hydrogen-bond acceptors (Lipinski definition) is 5. The first-order valence-corrected chi connectivity index (χ1v) is 14.6. The van der Waals surface area contributed by atoms with Crippen molar-refractivity contribution >= 4 is 6.03 Å². The van der Waals surface area contributed by atoms with Gasteiger partial charge in [-0.15, -0.1) is 0 Å². The molecule has 1 fully saturated rings. The molecule has 1 aliphatic rings. The number of carbonyl (C=O) groups excluding carboxylic acids is 1. The number of aliphatic hydroxyl groups is 4. The average Bonchev–Trinajstić information content (AvgIpc) is 3.10. The van der Waals surface area contributed by atoms with Gasteiger partial charge in [-0.3, -0.25) is 0 Å². The van der Waals surface area contributed by atoms with Crippen molar-refractivity contribution < 1.29 is 34.0 Å². The van der Waals surface area contributed by atoms with Crippen molar-refractivity contribution in [3.63, 3.8) is 0 Å². The molecule has 230 valence electrons. The van der Waals surface area contributed by atoms with Crippen molar-refractivity contribution in [2.45, 2.75) is 63.4 Å². The van der Waals surface area contributed by atoms with Crippen LogP contribution < -0.4 is 0 Å². The summed E-state index contributed by atoms with van der Waals surface area (Å²) in [7, 11) is 0. The summed E-state index contributed by atoms with van der Waals surface area (Å²) in [4.78, 5) is 17.7. The van der Waals surface area contributed by atoms with Crippen LogP contribution in [0.3, 0.4) is 0 Å². The highest BCUT2D eigenvalue weighted by molar-refractivity contribution is 5.76. The summed E-state index contributed by atoms with van der Waals surface area (Å²) in [5, 5.41) is 42.5. The monoisotopic (exact) mass is 602 g/mol. The lowest BCUT2D eigenvalue weighted by molar-refractivity contribution is -0.0408. The fourth-order valence-electron chi connectivity index (χ4n) is 5.72. The van der Waals surface area contributed by atoms with Crippen LogP contribution in [0.15, 0.2) is 97.1 Å². The van der Waals surface area contributed by atoms with E-state index in [0.29, 0.717) is 22.3 Å². The zero-order chi connectivity index (χ0) is 31.2. The molecule has 2 amide bonds. The Hall–Kier alpha value is -4.15. The molecular weight excluding hydrogens is 566 g/mol. The Labute approximate surface area is 255 Å². The maximum atomic E-state index is 14.6. The number of urea groups is 1. The molecule has 7 nitrogen and oxygen atoms in total. The van der Waals surface area contributed by atoms with Crippen LogP contribution in [0.5, 0.6) is 0 Å². The smallest absolute Gasteiger partial charge is 0.321 e. The Morgan fingerprint density at radius 3 is 1.11 bits per heavy atom. The Morgan fingerprint density at radius 2 is 0.795 bits per heavy atom. The first-order chi connectivity index (χ1) is 21.2. The van der Waals surface area contributed by atoms with Crippen LogP contribution in [-0.4, -0.2) is 60.5 Å². The number of aliphatic hydroxyl groups excluding tert-OH is 4. The first kappa shape index (κ1) is 31.3. The van der Waals surface area contributed by atoms with Gasteiger partial charge in [-0.2, -0.15) is 0 Å². The summed E-state index contributed by atoms with van der Waals surface area (Å²) >= 11 is 0. The van der Waals surface area contributed by atoms with Crippen molar-refractivity contribution in [1.82, 2.24) is 9.80 Å². The Morgan fingerprint density at radius 1 is 0.500 bits per heavy atom. The van der Waals surface area contributed by atoms with E-state index < -0.39 is 42.0 Å². The topological polar surface area (TPSA) is 104 Å². The minimum absolute atomic E-state index is 0.101. The molecule has 5 rings (SSSR count). The van der Waals surface area contributed by atoms with Crippen LogP contribution in [0.25, 0.3) is 0 Å². The summed E-state index contributed by atoms with van der Waals surface area (Å²) in [5.74, 6) is -0.824. The zero-order valence-electron chi connectivity index (χ0n) is 24.1. The molecular formula is C35H36F2N2O5. The van der Waals surface area contributed by atoms with Crippen LogP contribution in [-0.2, 0) is 39.1 Å². The minimum Gasteiger partial charge on any atom is -0.392 e. The molecule has 0 bridgehead atoms. The van der Waals surface area contributed by atoms with Crippen molar-refractivity contribution in [3.8, 4) is 0 Å². The second-order valence-electron chi connectivity index (χ2n) is 11.3. The molecule has 44 heavy (non-hydrogen) atoms. The van der Waals surface area contributed by atoms with Gasteiger partial charge in [0.2, 0.25) is 0 Å². The molecule has 0 radical (unpaired) electrons. The van der Waals surface area contributed by atoms with E-state index in [1.54, 1.807) is 72.8 Å². The SMILES string of the molecule is O=C1N(Cc2ccc(CO)cc2)[C@H](Cc2ccc(F)cc2)[C@H](O)[C@@H](O)[C@@H](Cc2ccc(F)cc2)N1Cc1ccc(CO)cc1. The van der Waals surface area contributed by atoms with Crippen LogP contribution in [0, 0.1) is 11.6 Å². The largest absolute Gasteiger partial charge is 0.392 e. The summed E-state index contributed by atoms with van der Waals surface area (Å²) in [6.07, 6.45) is -2.46. The summed E-state index contributed by atoms with van der Waals surface area (Å²) in [5.41, 5.74) is 4.29. The molecule has 0 saturated carbocycles. The molecule has 0 aliphatic carbocycles. The summed E-state index contributed by atoms with van der Waals surface area (Å²) in [6.45, 7) is -0.0589. The van der Waals surface area contributed by atoms with Gasteiger partial charge in [0, 0.05) is 13.1 Å². The predicted octanol–water partition coefficient (Wildman–Crippen LogP) is 4.33. The van der Waals surface area contributed by atoms with Gasteiger partial charge in [0.15, 0.2) is 0 Å². The molecule has 4 aromatic carbocycles. The van der Waals surface area contributed by atoms with Crippen molar-refractivity contribution in [2.24, 2.45) is 0 Å². The molecule has 0 aromatic heterocycles. The van der Waals surface area contributed by atoms with Gasteiger partial charge in [-0.25, -0.2) is 13.6 Å². The second-order valence-corrected chi connectivity index (χ2v) is 11.3. The third kappa shape index (κ3) is 7.31. The number of benzene rings is 4. The van der Waals surface area contributed by atoms with Gasteiger partial charge >= 0.3 is 6.03 Å². The lowest BCUT2D eigenvalue weighted by atomic mass is 9.90. The van der Waals surface area contributed by atoms with E-state index in [0.717, 1.165) is 11.1 Å². The van der Waals surface area contributed by atoms with Crippen LogP contribution >= 0.6 is 0 Å². The fourth-order valence-corrected chi connectivity index (χ4v) is 5.72. The van der Waals surface area contributed by atoms with E-state index >= 15 is 0 Å². The predicted molar refractivity (Wildman–Crippen MR) is 161 cm³/mol. The molecule has 4 N–H and O–H groups in total. The number of rotatable bonds is 10. The average molecular weight is 603 g/mol. The van der Waals surface area contributed by atoms with Crippen molar-refractivity contribution in [1.29, 1.82) is 0 Å². The lowest BCUT2D eigenvalue weighted by Crippen LogP contribution is -2.50. The maximum absolute atomic E-state index is 14.6. The minimum atomic E-state index is -1.38. The van der Waals surface area contributed by atoms with Crippen LogP contribution in [0.2, 0.25) is 0 Å². The highest BCUT2D eigenvalue weighted by atomic mass is 19.1. The Bertz CT molecular complexity index is 1400. The lowest BCUT2D eigenvalue weighted by Gasteiger charge is -2.36. The summed E-state index contributed by atoms with van der Waals surface area (Å²) < 4.78 is 27.5. The van der Waals surface area contributed by atoms with Gasteiger partial charge < -0.3 is 30.2 Å². The van der Waals surface area contributed by atoms with E-state index in [1.165, 1.54) is 34.1 Å². The van der Waals surface area contributed by atoms with E-state index in [2.05, 4.69) is 0 Å². The van der Waals surface area contributed by atoms with Gasteiger partial charge in [-0.05, 0) is 70.5 Å². The molecule has 0 unspecified atom stereocenters. The molecule has 4 atom stereocenters. The van der Waals surface area contributed by atoms with Crippen LogP contribution in [0.1, 0.15) is 33.4 Å². The molecule has 9 heteroatoms. The highest BCUT2D eigenvalue weighted by Gasteiger charge is 2.46. The van der Waals surface area contributed by atoms with Gasteiger partial charge in [0.05, 0.1) is 25.3 Å². The second kappa shape index (κ2) is 14.1. The Kier molecular flexibility index (Phi) is 10.0.